The van der Waals surface area contributed by atoms with Crippen molar-refractivity contribution in [2.24, 2.45) is 15.0 Å². The number of hydrogen-bond donors (Lipinski definition) is 3. The lowest BCUT2D eigenvalue weighted by Crippen LogP contribution is -2.41. The Morgan fingerprint density at radius 3 is 2.81 bits per heavy atom. The van der Waals surface area contributed by atoms with Crippen molar-refractivity contribution < 1.29 is 14.6 Å². The standard InChI is InChI=1S/C22H28N6O3/c1-14-17-6-3-15(21(29)30)13-18(17)26-20(25-16-4-5-16)19(14)27-22(23-2)24-7-8-28-9-11-31-12-10-28/h3,6,13,16H,1,4-5,7-12H2,2H3,(H,23,24)(H,25,26)(H,29,30)/b27-19+. The van der Waals surface area contributed by atoms with E-state index in [1.54, 1.807) is 25.2 Å². The number of benzene rings is 1. The second kappa shape index (κ2) is 9.40. The number of nitrogens with one attached hydrogen (secondary N) is 2. The van der Waals surface area contributed by atoms with Gasteiger partial charge in [0, 0.05) is 50.4 Å². The highest BCUT2D eigenvalue weighted by Gasteiger charge is 2.29. The number of aliphatic imine (C=N–C) groups is 3. The van der Waals surface area contributed by atoms with Crippen LogP contribution in [-0.4, -0.2) is 86.0 Å². The second-order valence-electron chi connectivity index (χ2n) is 7.78. The lowest BCUT2D eigenvalue weighted by atomic mass is 9.95. The van der Waals surface area contributed by atoms with Gasteiger partial charge in [0.05, 0.1) is 24.5 Å². The minimum Gasteiger partial charge on any atom is -0.478 e. The normalized spacial score (nSPS) is 20.9. The number of morpholine rings is 1. The number of aromatic carboxylic acids is 1. The van der Waals surface area contributed by atoms with Crippen LogP contribution in [0.2, 0.25) is 0 Å². The van der Waals surface area contributed by atoms with Crippen LogP contribution < -0.4 is 10.6 Å². The molecule has 31 heavy (non-hydrogen) atoms. The van der Waals surface area contributed by atoms with Crippen LogP contribution in [0.15, 0.2) is 39.8 Å². The molecule has 2 fully saturated rings. The Bertz CT molecular complexity index is 958. The van der Waals surface area contributed by atoms with Gasteiger partial charge in [-0.05, 0) is 25.0 Å². The first-order valence-electron chi connectivity index (χ1n) is 10.6. The van der Waals surface area contributed by atoms with Crippen molar-refractivity contribution in [3.8, 4) is 0 Å². The summed E-state index contributed by atoms with van der Waals surface area (Å²) in [5, 5.41) is 16.0. The van der Waals surface area contributed by atoms with Crippen molar-refractivity contribution in [3.63, 3.8) is 0 Å². The van der Waals surface area contributed by atoms with Gasteiger partial charge in [-0.3, -0.25) is 9.89 Å². The largest absolute Gasteiger partial charge is 0.478 e. The number of fused-ring (bicyclic) bond motifs is 1. The highest BCUT2D eigenvalue weighted by atomic mass is 16.5. The average Bonchev–Trinajstić information content (AvgIpc) is 3.59. The van der Waals surface area contributed by atoms with E-state index >= 15 is 0 Å². The predicted octanol–water partition coefficient (Wildman–Crippen LogP) is 1.54. The zero-order valence-corrected chi connectivity index (χ0v) is 17.7. The third-order valence-electron chi connectivity index (χ3n) is 5.47. The number of carbonyl (C=O) groups is 1. The minimum absolute atomic E-state index is 0.196. The number of carboxylic acid groups (broad SMARTS) is 1. The molecule has 164 valence electrons. The molecule has 2 aliphatic heterocycles. The van der Waals surface area contributed by atoms with Crippen LogP contribution in [0.4, 0.5) is 5.69 Å². The first-order valence-corrected chi connectivity index (χ1v) is 10.6. The van der Waals surface area contributed by atoms with E-state index < -0.39 is 5.97 Å². The Labute approximate surface area is 181 Å². The zero-order valence-electron chi connectivity index (χ0n) is 17.7. The quantitative estimate of drug-likeness (QED) is 0.489. The molecule has 1 saturated carbocycles. The summed E-state index contributed by atoms with van der Waals surface area (Å²) in [5.74, 6) is 0.142. The molecule has 1 aliphatic carbocycles. The molecule has 0 unspecified atom stereocenters. The number of ether oxygens (including phenoxy) is 1. The smallest absolute Gasteiger partial charge is 0.335 e. The van der Waals surface area contributed by atoms with Crippen molar-refractivity contribution in [1.82, 2.24) is 15.5 Å². The van der Waals surface area contributed by atoms with Gasteiger partial charge in [0.15, 0.2) is 5.84 Å². The van der Waals surface area contributed by atoms with E-state index in [-0.39, 0.29) is 5.56 Å². The Morgan fingerprint density at radius 2 is 2.13 bits per heavy atom. The molecular weight excluding hydrogens is 396 g/mol. The Balaban J connectivity index is 1.54. The van der Waals surface area contributed by atoms with Gasteiger partial charge in [0.2, 0.25) is 5.96 Å². The fourth-order valence-corrected chi connectivity index (χ4v) is 3.52. The SMILES string of the molecule is C=C1/C(=N\C(=N/C)NCCN2CCOCC2)C(NC2CC2)=Nc2cc(C(=O)O)ccc21. The van der Waals surface area contributed by atoms with Gasteiger partial charge < -0.3 is 20.5 Å². The number of hydrogen-bond acceptors (Lipinski definition) is 6. The summed E-state index contributed by atoms with van der Waals surface area (Å²) in [5.41, 5.74) is 2.88. The molecule has 0 amide bonds. The maximum absolute atomic E-state index is 11.4. The summed E-state index contributed by atoms with van der Waals surface area (Å²) in [7, 11) is 1.70. The van der Waals surface area contributed by atoms with E-state index in [9.17, 15) is 9.90 Å². The minimum atomic E-state index is -0.982. The molecule has 0 spiro atoms. The number of nitrogens with zero attached hydrogens (tertiary/aromatic N) is 4. The number of amidine groups is 1. The molecule has 0 bridgehead atoms. The molecule has 3 N–H and O–H groups in total. The predicted molar refractivity (Wildman–Crippen MR) is 122 cm³/mol. The number of guanidine groups is 1. The van der Waals surface area contributed by atoms with Gasteiger partial charge in [0.25, 0.3) is 0 Å². The summed E-state index contributed by atoms with van der Waals surface area (Å²) in [6.45, 7) is 9.24. The van der Waals surface area contributed by atoms with E-state index in [0.717, 1.165) is 57.8 Å². The average molecular weight is 425 g/mol. The van der Waals surface area contributed by atoms with Crippen molar-refractivity contribution in [1.29, 1.82) is 0 Å². The summed E-state index contributed by atoms with van der Waals surface area (Å²) in [6.07, 6.45) is 2.15. The zero-order chi connectivity index (χ0) is 21.8. The lowest BCUT2D eigenvalue weighted by Gasteiger charge is -2.26. The van der Waals surface area contributed by atoms with Crippen molar-refractivity contribution in [2.75, 3.05) is 46.4 Å². The lowest BCUT2D eigenvalue weighted by molar-refractivity contribution is 0.0389. The maximum atomic E-state index is 11.4. The van der Waals surface area contributed by atoms with Crippen LogP contribution in [0.5, 0.6) is 0 Å². The molecule has 0 radical (unpaired) electrons. The molecule has 1 aromatic rings. The summed E-state index contributed by atoms with van der Waals surface area (Å²) < 4.78 is 5.39. The van der Waals surface area contributed by atoms with Crippen molar-refractivity contribution in [2.45, 2.75) is 18.9 Å². The van der Waals surface area contributed by atoms with Crippen molar-refractivity contribution >= 4 is 34.7 Å². The molecule has 1 saturated heterocycles. The van der Waals surface area contributed by atoms with Crippen LogP contribution in [0, 0.1) is 0 Å². The highest BCUT2D eigenvalue weighted by molar-refractivity contribution is 6.60. The molecule has 3 aliphatic rings. The van der Waals surface area contributed by atoms with Crippen LogP contribution in [0.1, 0.15) is 28.8 Å². The topological polar surface area (TPSA) is 111 Å². The number of carboxylic acids is 1. The summed E-state index contributed by atoms with van der Waals surface area (Å²) in [6, 6.07) is 5.23. The molecular formula is C22H28N6O3. The third-order valence-corrected chi connectivity index (χ3v) is 5.47. The Hall–Kier alpha value is -3.04. The Morgan fingerprint density at radius 1 is 1.35 bits per heavy atom. The highest BCUT2D eigenvalue weighted by Crippen LogP contribution is 2.33. The summed E-state index contributed by atoms with van der Waals surface area (Å²) >= 11 is 0. The van der Waals surface area contributed by atoms with E-state index in [2.05, 4.69) is 32.1 Å². The van der Waals surface area contributed by atoms with Crippen LogP contribution >= 0.6 is 0 Å². The van der Waals surface area contributed by atoms with E-state index in [0.29, 0.717) is 34.8 Å². The monoisotopic (exact) mass is 424 g/mol. The molecule has 4 rings (SSSR count). The maximum Gasteiger partial charge on any atom is 0.335 e. The number of rotatable bonds is 5. The van der Waals surface area contributed by atoms with E-state index in [1.807, 2.05) is 0 Å². The third kappa shape index (κ3) is 5.18. The molecule has 2 heterocycles. The van der Waals surface area contributed by atoms with Gasteiger partial charge in [-0.15, -0.1) is 0 Å². The van der Waals surface area contributed by atoms with Crippen molar-refractivity contribution in [3.05, 3.63) is 35.9 Å². The van der Waals surface area contributed by atoms with Gasteiger partial charge in [-0.2, -0.15) is 0 Å². The fraction of sp³-hybridized carbons (Fsp3) is 0.455. The molecule has 1 aromatic carbocycles. The first-order chi connectivity index (χ1) is 15.0. The fourth-order valence-electron chi connectivity index (χ4n) is 3.52. The van der Waals surface area contributed by atoms with Gasteiger partial charge >= 0.3 is 5.97 Å². The van der Waals surface area contributed by atoms with Gasteiger partial charge in [-0.25, -0.2) is 14.8 Å². The molecule has 9 heteroatoms. The molecule has 9 nitrogen and oxygen atoms in total. The van der Waals surface area contributed by atoms with Gasteiger partial charge in [-0.1, -0.05) is 12.6 Å². The van der Waals surface area contributed by atoms with Gasteiger partial charge in [0.1, 0.15) is 5.71 Å². The van der Waals surface area contributed by atoms with Crippen LogP contribution in [-0.2, 0) is 4.74 Å². The van der Waals surface area contributed by atoms with Crippen LogP contribution in [0.25, 0.3) is 5.57 Å². The van der Waals surface area contributed by atoms with E-state index in [4.69, 9.17) is 9.73 Å². The summed E-state index contributed by atoms with van der Waals surface area (Å²) in [4.78, 5) is 27.4. The van der Waals surface area contributed by atoms with Crippen LogP contribution in [0.3, 0.4) is 0 Å². The second-order valence-corrected chi connectivity index (χ2v) is 7.78. The van der Waals surface area contributed by atoms with E-state index in [1.165, 1.54) is 0 Å². The molecule has 0 aromatic heterocycles. The first kappa shape index (κ1) is 21.2. The molecule has 0 atom stereocenters. The Kier molecular flexibility index (Phi) is 6.43.